The van der Waals surface area contributed by atoms with Crippen LogP contribution in [0.25, 0.3) is 0 Å². The van der Waals surface area contributed by atoms with Crippen molar-refractivity contribution in [3.63, 3.8) is 0 Å². The van der Waals surface area contributed by atoms with Crippen molar-refractivity contribution in [3.8, 4) is 0 Å². The highest BCUT2D eigenvalue weighted by molar-refractivity contribution is 6.33. The Hall–Kier alpha value is -3.12. The molecular formula is C24H27ClN4O2. The van der Waals surface area contributed by atoms with E-state index in [9.17, 15) is 9.59 Å². The zero-order valence-corrected chi connectivity index (χ0v) is 19.2. The maximum Gasteiger partial charge on any atom is 0.259 e. The number of likely N-dealkylation sites (N-methyl/N-ethyl adjacent to an activating group) is 1. The van der Waals surface area contributed by atoms with Crippen LogP contribution in [0.2, 0.25) is 5.15 Å². The molecule has 3 rings (SSSR count). The molecule has 0 aliphatic carbocycles. The Bertz CT molecular complexity index is 1120. The highest BCUT2D eigenvalue weighted by atomic mass is 35.5. The van der Waals surface area contributed by atoms with Gasteiger partial charge in [-0.3, -0.25) is 9.59 Å². The molecule has 1 N–H and O–H groups in total. The van der Waals surface area contributed by atoms with Crippen LogP contribution in [-0.4, -0.2) is 40.1 Å². The van der Waals surface area contributed by atoms with Crippen molar-refractivity contribution in [2.24, 2.45) is 0 Å². The Morgan fingerprint density at radius 1 is 1.06 bits per heavy atom. The molecular weight excluding hydrogens is 412 g/mol. The molecule has 0 saturated carbocycles. The molecule has 162 valence electrons. The number of amides is 2. The second-order valence-corrected chi connectivity index (χ2v) is 8.21. The van der Waals surface area contributed by atoms with Gasteiger partial charge in [0, 0.05) is 12.7 Å². The number of hydrogen-bond donors (Lipinski definition) is 1. The number of nitrogens with zero attached hydrogens (tertiary/aromatic N) is 3. The lowest BCUT2D eigenvalue weighted by Crippen LogP contribution is -2.35. The van der Waals surface area contributed by atoms with E-state index in [0.29, 0.717) is 17.8 Å². The summed E-state index contributed by atoms with van der Waals surface area (Å²) in [7, 11) is 1.58. The molecule has 2 aromatic carbocycles. The average molecular weight is 439 g/mol. The molecule has 0 aliphatic heterocycles. The molecule has 0 radical (unpaired) electrons. The number of halogens is 1. The molecule has 1 aromatic heterocycles. The molecule has 2 amide bonds. The van der Waals surface area contributed by atoms with Gasteiger partial charge in [-0.1, -0.05) is 53.6 Å². The molecule has 0 spiro atoms. The Morgan fingerprint density at radius 2 is 1.74 bits per heavy atom. The van der Waals surface area contributed by atoms with E-state index in [2.05, 4.69) is 10.4 Å². The summed E-state index contributed by atoms with van der Waals surface area (Å²) in [5.41, 5.74) is 5.88. The van der Waals surface area contributed by atoms with Crippen LogP contribution >= 0.6 is 11.6 Å². The van der Waals surface area contributed by atoms with Crippen LogP contribution in [0.3, 0.4) is 0 Å². The summed E-state index contributed by atoms with van der Waals surface area (Å²) in [6.07, 6.45) is 0. The van der Waals surface area contributed by atoms with Gasteiger partial charge in [0.1, 0.15) is 5.15 Å². The highest BCUT2D eigenvalue weighted by Crippen LogP contribution is 2.23. The molecule has 31 heavy (non-hydrogen) atoms. The molecule has 0 unspecified atom stereocenters. The first-order valence-corrected chi connectivity index (χ1v) is 10.4. The predicted octanol–water partition coefficient (Wildman–Crippen LogP) is 4.53. The minimum Gasteiger partial charge on any atom is -0.332 e. The van der Waals surface area contributed by atoms with Crippen molar-refractivity contribution in [3.05, 3.63) is 81.1 Å². The van der Waals surface area contributed by atoms with Crippen LogP contribution < -0.4 is 5.32 Å². The molecule has 0 bridgehead atoms. The third-order valence-corrected chi connectivity index (χ3v) is 5.72. The highest BCUT2D eigenvalue weighted by Gasteiger charge is 2.24. The van der Waals surface area contributed by atoms with Crippen molar-refractivity contribution in [2.75, 3.05) is 18.9 Å². The van der Waals surface area contributed by atoms with Gasteiger partial charge in [-0.05, 0) is 50.5 Å². The van der Waals surface area contributed by atoms with E-state index in [1.165, 1.54) is 10.5 Å². The predicted molar refractivity (Wildman–Crippen MR) is 124 cm³/mol. The maximum atomic E-state index is 13.0. The summed E-state index contributed by atoms with van der Waals surface area (Å²) >= 11 is 6.51. The normalized spacial score (nSPS) is 10.8. The van der Waals surface area contributed by atoms with Crippen molar-refractivity contribution >= 4 is 29.1 Å². The number of hydrogen-bond acceptors (Lipinski definition) is 3. The molecule has 0 saturated heterocycles. The zero-order valence-electron chi connectivity index (χ0n) is 18.5. The van der Waals surface area contributed by atoms with Gasteiger partial charge in [-0.2, -0.15) is 5.10 Å². The molecule has 7 heteroatoms. The molecule has 0 atom stereocenters. The van der Waals surface area contributed by atoms with E-state index < -0.39 is 0 Å². The van der Waals surface area contributed by atoms with Crippen LogP contribution in [0.5, 0.6) is 0 Å². The van der Waals surface area contributed by atoms with E-state index in [1.807, 2.05) is 63.2 Å². The van der Waals surface area contributed by atoms with E-state index in [0.717, 1.165) is 22.4 Å². The summed E-state index contributed by atoms with van der Waals surface area (Å²) in [4.78, 5) is 26.9. The van der Waals surface area contributed by atoms with Crippen LogP contribution in [0.1, 0.15) is 38.3 Å². The molecule has 3 aromatic rings. The van der Waals surface area contributed by atoms with E-state index >= 15 is 0 Å². The van der Waals surface area contributed by atoms with Gasteiger partial charge in [0.2, 0.25) is 5.91 Å². The fourth-order valence-electron chi connectivity index (χ4n) is 3.32. The largest absolute Gasteiger partial charge is 0.332 e. The Balaban J connectivity index is 1.71. The molecule has 0 fully saturated rings. The number of carbonyl (C=O) groups excluding carboxylic acids is 2. The molecule has 1 heterocycles. The number of nitrogens with one attached hydrogen (secondary N) is 1. The van der Waals surface area contributed by atoms with Gasteiger partial charge in [0.15, 0.2) is 0 Å². The average Bonchev–Trinajstić information content (AvgIpc) is 2.99. The SMILES string of the molecule is Cc1ccc(Cn2nc(C)c(C(=O)N(C)CC(=O)Nc3cccc(C)c3C)c2Cl)cc1. The number of carbonyl (C=O) groups is 2. The lowest BCUT2D eigenvalue weighted by Gasteiger charge is -2.18. The number of anilines is 1. The standard InChI is InChI=1S/C24H27ClN4O2/c1-15-9-11-19(12-10-15)13-29-23(25)22(18(4)27-29)24(31)28(5)14-21(30)26-20-8-6-7-16(2)17(20)3/h6-12H,13-14H2,1-5H3,(H,26,30). The lowest BCUT2D eigenvalue weighted by atomic mass is 10.1. The van der Waals surface area contributed by atoms with E-state index in [-0.39, 0.29) is 23.5 Å². The molecule has 6 nitrogen and oxygen atoms in total. The third kappa shape index (κ3) is 5.14. The topological polar surface area (TPSA) is 67.2 Å². The van der Waals surface area contributed by atoms with Gasteiger partial charge < -0.3 is 10.2 Å². The smallest absolute Gasteiger partial charge is 0.259 e. The Kier molecular flexibility index (Phi) is 6.81. The minimum atomic E-state index is -0.339. The van der Waals surface area contributed by atoms with Crippen molar-refractivity contribution in [1.29, 1.82) is 0 Å². The number of aromatic nitrogens is 2. The fraction of sp³-hybridized carbons (Fsp3) is 0.292. The van der Waals surface area contributed by atoms with Gasteiger partial charge in [0.05, 0.1) is 24.3 Å². The van der Waals surface area contributed by atoms with Gasteiger partial charge in [-0.15, -0.1) is 0 Å². The second kappa shape index (κ2) is 9.35. The first-order chi connectivity index (χ1) is 14.7. The Morgan fingerprint density at radius 3 is 2.42 bits per heavy atom. The zero-order chi connectivity index (χ0) is 22.7. The van der Waals surface area contributed by atoms with Crippen LogP contribution in [-0.2, 0) is 11.3 Å². The number of aryl methyl sites for hydroxylation is 3. The fourth-order valence-corrected chi connectivity index (χ4v) is 3.64. The first-order valence-electron chi connectivity index (χ1n) is 10.1. The Labute approximate surface area is 187 Å². The van der Waals surface area contributed by atoms with Crippen molar-refractivity contribution < 1.29 is 9.59 Å². The van der Waals surface area contributed by atoms with Crippen LogP contribution in [0.15, 0.2) is 42.5 Å². The lowest BCUT2D eigenvalue weighted by molar-refractivity contribution is -0.116. The summed E-state index contributed by atoms with van der Waals surface area (Å²) < 4.78 is 1.61. The number of rotatable bonds is 6. The summed E-state index contributed by atoms with van der Waals surface area (Å²) in [5.74, 6) is -0.612. The van der Waals surface area contributed by atoms with Gasteiger partial charge >= 0.3 is 0 Å². The minimum absolute atomic E-state index is 0.0921. The van der Waals surface area contributed by atoms with Gasteiger partial charge in [-0.25, -0.2) is 4.68 Å². The second-order valence-electron chi connectivity index (χ2n) is 7.85. The first kappa shape index (κ1) is 22.6. The maximum absolute atomic E-state index is 13.0. The van der Waals surface area contributed by atoms with E-state index in [4.69, 9.17) is 11.6 Å². The quantitative estimate of drug-likeness (QED) is 0.614. The van der Waals surface area contributed by atoms with Crippen molar-refractivity contribution in [1.82, 2.24) is 14.7 Å². The van der Waals surface area contributed by atoms with Gasteiger partial charge in [0.25, 0.3) is 5.91 Å². The van der Waals surface area contributed by atoms with Crippen molar-refractivity contribution in [2.45, 2.75) is 34.2 Å². The third-order valence-electron chi connectivity index (χ3n) is 5.34. The monoisotopic (exact) mass is 438 g/mol. The van der Waals surface area contributed by atoms with Crippen LogP contribution in [0.4, 0.5) is 5.69 Å². The van der Waals surface area contributed by atoms with E-state index in [1.54, 1.807) is 18.7 Å². The summed E-state index contributed by atoms with van der Waals surface area (Å²) in [5, 5.41) is 7.58. The summed E-state index contributed by atoms with van der Waals surface area (Å²) in [6, 6.07) is 13.8. The van der Waals surface area contributed by atoms with Crippen LogP contribution in [0, 0.1) is 27.7 Å². The molecule has 0 aliphatic rings. The summed E-state index contributed by atoms with van der Waals surface area (Å²) in [6.45, 7) is 8.08. The number of benzene rings is 2.